The van der Waals surface area contributed by atoms with Crippen LogP contribution in [0.1, 0.15) is 5.56 Å². The number of aromatic nitrogens is 3. The molecule has 3 aromatic rings. The van der Waals surface area contributed by atoms with Gasteiger partial charge in [-0.05, 0) is 48.9 Å². The highest BCUT2D eigenvalue weighted by Crippen LogP contribution is 2.29. The molecule has 1 aliphatic rings. The molecule has 0 bridgehead atoms. The van der Waals surface area contributed by atoms with E-state index in [1.54, 1.807) is 11.8 Å². The summed E-state index contributed by atoms with van der Waals surface area (Å²) >= 11 is 7.80. The normalized spacial score (nSPS) is 15.1. The van der Waals surface area contributed by atoms with Crippen LogP contribution < -0.4 is 0 Å². The van der Waals surface area contributed by atoms with Crippen molar-refractivity contribution in [2.45, 2.75) is 12.1 Å². The zero-order valence-corrected chi connectivity index (χ0v) is 17.4. The van der Waals surface area contributed by atoms with Crippen LogP contribution in [0.3, 0.4) is 0 Å². The summed E-state index contributed by atoms with van der Waals surface area (Å²) in [5.41, 5.74) is 3.28. The van der Waals surface area contributed by atoms with Gasteiger partial charge in [-0.3, -0.25) is 9.47 Å². The maximum Gasteiger partial charge on any atom is 0.196 e. The van der Waals surface area contributed by atoms with Gasteiger partial charge in [-0.2, -0.15) is 0 Å². The minimum Gasteiger partial charge on any atom is -0.379 e. The van der Waals surface area contributed by atoms with Gasteiger partial charge in [0, 0.05) is 41.7 Å². The number of halogens is 1. The van der Waals surface area contributed by atoms with Crippen molar-refractivity contribution >= 4 is 23.4 Å². The predicted molar refractivity (Wildman–Crippen MR) is 115 cm³/mol. The van der Waals surface area contributed by atoms with Crippen LogP contribution in [0, 0.1) is 6.92 Å². The van der Waals surface area contributed by atoms with E-state index in [2.05, 4.69) is 50.9 Å². The molecule has 1 aromatic heterocycles. The van der Waals surface area contributed by atoms with Crippen LogP contribution in [0.25, 0.3) is 17.1 Å². The SMILES string of the molecule is Cc1cccc(-n2c(SCCN3CCOCC3)nnc2-c2ccc(Cl)cc2)c1. The standard InChI is InChI=1S/C21H23ClN4OS/c1-16-3-2-4-19(15-16)26-20(17-5-7-18(22)8-6-17)23-24-21(26)28-14-11-25-9-12-27-13-10-25/h2-8,15H,9-14H2,1H3. The molecule has 0 radical (unpaired) electrons. The van der Waals surface area contributed by atoms with E-state index in [1.807, 2.05) is 24.3 Å². The summed E-state index contributed by atoms with van der Waals surface area (Å²) in [6.45, 7) is 6.77. The maximum absolute atomic E-state index is 6.06. The number of rotatable bonds is 6. The quantitative estimate of drug-likeness (QED) is 0.562. The van der Waals surface area contributed by atoms with Gasteiger partial charge < -0.3 is 4.74 Å². The minimum absolute atomic E-state index is 0.713. The molecular formula is C21H23ClN4OS. The van der Waals surface area contributed by atoms with Crippen molar-refractivity contribution in [1.82, 2.24) is 19.7 Å². The molecule has 0 aliphatic carbocycles. The number of thioether (sulfide) groups is 1. The molecule has 7 heteroatoms. The molecule has 0 saturated carbocycles. The second-order valence-electron chi connectivity index (χ2n) is 6.79. The van der Waals surface area contributed by atoms with E-state index in [0.29, 0.717) is 5.02 Å². The molecule has 5 nitrogen and oxygen atoms in total. The van der Waals surface area contributed by atoms with Gasteiger partial charge in [0.25, 0.3) is 0 Å². The average molecular weight is 415 g/mol. The molecule has 1 saturated heterocycles. The van der Waals surface area contributed by atoms with Crippen molar-refractivity contribution in [3.05, 3.63) is 59.1 Å². The second-order valence-corrected chi connectivity index (χ2v) is 8.29. The lowest BCUT2D eigenvalue weighted by Gasteiger charge is -2.26. The Balaban J connectivity index is 1.61. The average Bonchev–Trinajstić information content (AvgIpc) is 3.13. The lowest BCUT2D eigenvalue weighted by atomic mass is 10.2. The molecule has 0 N–H and O–H groups in total. The first-order valence-corrected chi connectivity index (χ1v) is 10.8. The van der Waals surface area contributed by atoms with Crippen LogP contribution in [0.15, 0.2) is 53.7 Å². The smallest absolute Gasteiger partial charge is 0.196 e. The summed E-state index contributed by atoms with van der Waals surface area (Å²) in [6, 6.07) is 16.2. The third kappa shape index (κ3) is 4.58. The summed E-state index contributed by atoms with van der Waals surface area (Å²) in [7, 11) is 0. The topological polar surface area (TPSA) is 43.2 Å². The van der Waals surface area contributed by atoms with Crippen molar-refractivity contribution in [2.75, 3.05) is 38.6 Å². The molecule has 0 spiro atoms. The van der Waals surface area contributed by atoms with Gasteiger partial charge in [0.15, 0.2) is 11.0 Å². The van der Waals surface area contributed by atoms with E-state index in [9.17, 15) is 0 Å². The molecule has 0 amide bonds. The Hall–Kier alpha value is -1.86. The predicted octanol–water partition coefficient (Wildman–Crippen LogP) is 4.32. The highest BCUT2D eigenvalue weighted by Gasteiger charge is 2.17. The van der Waals surface area contributed by atoms with Crippen LogP contribution in [0.4, 0.5) is 0 Å². The van der Waals surface area contributed by atoms with Gasteiger partial charge in [0.05, 0.1) is 13.2 Å². The van der Waals surface area contributed by atoms with E-state index < -0.39 is 0 Å². The molecular weight excluding hydrogens is 392 g/mol. The van der Waals surface area contributed by atoms with Crippen molar-refractivity contribution < 1.29 is 4.74 Å². The molecule has 0 unspecified atom stereocenters. The van der Waals surface area contributed by atoms with Crippen LogP contribution in [0.2, 0.25) is 5.02 Å². The van der Waals surface area contributed by atoms with E-state index in [-0.39, 0.29) is 0 Å². The van der Waals surface area contributed by atoms with Gasteiger partial charge in [-0.1, -0.05) is 35.5 Å². The van der Waals surface area contributed by atoms with Crippen molar-refractivity contribution in [2.24, 2.45) is 0 Å². The first-order valence-electron chi connectivity index (χ1n) is 9.42. The van der Waals surface area contributed by atoms with Crippen LogP contribution in [-0.4, -0.2) is 58.3 Å². The Morgan fingerprint density at radius 2 is 1.86 bits per heavy atom. The minimum atomic E-state index is 0.713. The largest absolute Gasteiger partial charge is 0.379 e. The first kappa shape index (κ1) is 19.5. The van der Waals surface area contributed by atoms with Crippen molar-refractivity contribution in [3.63, 3.8) is 0 Å². The summed E-state index contributed by atoms with van der Waals surface area (Å²) in [4.78, 5) is 2.43. The third-order valence-electron chi connectivity index (χ3n) is 4.74. The number of morpholine rings is 1. The Kier molecular flexibility index (Phi) is 6.32. The molecule has 28 heavy (non-hydrogen) atoms. The number of aryl methyl sites for hydroxylation is 1. The number of hydrogen-bond donors (Lipinski definition) is 0. The Morgan fingerprint density at radius 3 is 2.61 bits per heavy atom. The molecule has 1 fully saturated rings. The van der Waals surface area contributed by atoms with Gasteiger partial charge >= 0.3 is 0 Å². The number of benzene rings is 2. The van der Waals surface area contributed by atoms with Crippen molar-refractivity contribution in [3.8, 4) is 17.1 Å². The second kappa shape index (κ2) is 9.09. The summed E-state index contributed by atoms with van der Waals surface area (Å²) < 4.78 is 7.57. The lowest BCUT2D eigenvalue weighted by Crippen LogP contribution is -2.37. The first-order chi connectivity index (χ1) is 13.7. The van der Waals surface area contributed by atoms with Gasteiger partial charge in [0.1, 0.15) is 0 Å². The van der Waals surface area contributed by atoms with E-state index in [4.69, 9.17) is 16.3 Å². The number of hydrogen-bond acceptors (Lipinski definition) is 5. The van der Waals surface area contributed by atoms with Crippen LogP contribution in [0.5, 0.6) is 0 Å². The highest BCUT2D eigenvalue weighted by atomic mass is 35.5. The third-order valence-corrected chi connectivity index (χ3v) is 5.90. The highest BCUT2D eigenvalue weighted by molar-refractivity contribution is 7.99. The molecule has 4 rings (SSSR count). The molecule has 0 atom stereocenters. The van der Waals surface area contributed by atoms with Gasteiger partial charge in [-0.15, -0.1) is 10.2 Å². The molecule has 146 valence electrons. The lowest BCUT2D eigenvalue weighted by molar-refractivity contribution is 0.0410. The van der Waals surface area contributed by atoms with Crippen LogP contribution in [-0.2, 0) is 4.74 Å². The zero-order chi connectivity index (χ0) is 19.3. The Morgan fingerprint density at radius 1 is 1.07 bits per heavy atom. The van der Waals surface area contributed by atoms with E-state index >= 15 is 0 Å². The fraction of sp³-hybridized carbons (Fsp3) is 0.333. The maximum atomic E-state index is 6.06. The molecule has 2 heterocycles. The number of nitrogens with zero attached hydrogens (tertiary/aromatic N) is 4. The monoisotopic (exact) mass is 414 g/mol. The van der Waals surface area contributed by atoms with Gasteiger partial charge in [0.2, 0.25) is 0 Å². The Labute approximate surface area is 174 Å². The summed E-state index contributed by atoms with van der Waals surface area (Å²) in [5, 5.41) is 10.6. The van der Waals surface area contributed by atoms with Gasteiger partial charge in [-0.25, -0.2) is 0 Å². The fourth-order valence-corrected chi connectivity index (χ4v) is 4.32. The van der Waals surface area contributed by atoms with Crippen molar-refractivity contribution in [1.29, 1.82) is 0 Å². The number of ether oxygens (including phenoxy) is 1. The summed E-state index contributed by atoms with van der Waals surface area (Å²) in [5.74, 6) is 1.79. The van der Waals surface area contributed by atoms with E-state index in [0.717, 1.165) is 60.8 Å². The summed E-state index contributed by atoms with van der Waals surface area (Å²) in [6.07, 6.45) is 0. The molecule has 1 aliphatic heterocycles. The molecule has 2 aromatic carbocycles. The fourth-order valence-electron chi connectivity index (χ4n) is 3.24. The zero-order valence-electron chi connectivity index (χ0n) is 15.8. The Bertz CT molecular complexity index is 922. The van der Waals surface area contributed by atoms with E-state index in [1.165, 1.54) is 5.56 Å². The van der Waals surface area contributed by atoms with Crippen LogP contribution >= 0.6 is 23.4 Å².